The molecular weight excluding hydrogens is 248 g/mol. The molecule has 6 heteroatoms. The van der Waals surface area contributed by atoms with E-state index < -0.39 is 0 Å². The molecule has 1 aromatic carbocycles. The Bertz CT molecular complexity index is 556. The molecule has 0 aliphatic carbocycles. The van der Waals surface area contributed by atoms with Gasteiger partial charge < -0.3 is 15.8 Å². The number of aromatic nitrogens is 2. The molecule has 5 nitrogen and oxygen atoms in total. The van der Waals surface area contributed by atoms with Gasteiger partial charge in [-0.15, -0.1) is 0 Å². The third-order valence-corrected chi connectivity index (χ3v) is 2.38. The molecule has 0 bridgehead atoms. The van der Waals surface area contributed by atoms with Gasteiger partial charge in [0, 0.05) is 11.8 Å². The van der Waals surface area contributed by atoms with Gasteiger partial charge in [0.25, 0.3) is 0 Å². The molecule has 0 atom stereocenters. The number of rotatable bonds is 3. The number of nitrogens with one attached hydrogen (secondary N) is 1. The second-order valence-corrected chi connectivity index (χ2v) is 3.92. The fraction of sp³-hybridized carbons (Fsp3) is 0.0833. The highest BCUT2D eigenvalue weighted by Crippen LogP contribution is 2.20. The molecular formula is C12H12N4OS. The lowest BCUT2D eigenvalue weighted by Crippen LogP contribution is -2.20. The molecule has 0 amide bonds. The van der Waals surface area contributed by atoms with Crippen LogP contribution in [0.15, 0.2) is 36.5 Å². The maximum Gasteiger partial charge on any atom is 0.229 e. The SMILES string of the molecule is COc1ccc(-c2ccnc(NC(N)=S)n2)cc1. The molecule has 1 heterocycles. The Balaban J connectivity index is 2.29. The Labute approximate surface area is 110 Å². The summed E-state index contributed by atoms with van der Waals surface area (Å²) in [6.45, 7) is 0. The van der Waals surface area contributed by atoms with Crippen LogP contribution in [0.5, 0.6) is 5.75 Å². The quantitative estimate of drug-likeness (QED) is 0.820. The Kier molecular flexibility index (Phi) is 3.69. The third kappa shape index (κ3) is 2.92. The highest BCUT2D eigenvalue weighted by molar-refractivity contribution is 7.80. The van der Waals surface area contributed by atoms with Gasteiger partial charge in [0.2, 0.25) is 5.95 Å². The first-order valence-electron chi connectivity index (χ1n) is 5.23. The summed E-state index contributed by atoms with van der Waals surface area (Å²) in [4.78, 5) is 8.33. The first kappa shape index (κ1) is 12.3. The Morgan fingerprint density at radius 1 is 1.28 bits per heavy atom. The standard InChI is InChI=1S/C12H12N4OS/c1-17-9-4-2-8(3-5-9)10-6-7-14-12(15-10)16-11(13)18/h2-7H,1H3,(H3,13,14,15,16,18). The number of nitrogens with two attached hydrogens (primary N) is 1. The van der Waals surface area contributed by atoms with Crippen molar-refractivity contribution in [2.45, 2.75) is 0 Å². The van der Waals surface area contributed by atoms with Gasteiger partial charge in [0.1, 0.15) is 5.75 Å². The van der Waals surface area contributed by atoms with E-state index in [-0.39, 0.29) is 5.11 Å². The lowest BCUT2D eigenvalue weighted by molar-refractivity contribution is 0.415. The summed E-state index contributed by atoms with van der Waals surface area (Å²) in [6.07, 6.45) is 1.65. The third-order valence-electron chi connectivity index (χ3n) is 2.28. The second kappa shape index (κ2) is 5.42. The van der Waals surface area contributed by atoms with Crippen molar-refractivity contribution in [3.8, 4) is 17.0 Å². The van der Waals surface area contributed by atoms with Crippen molar-refractivity contribution in [2.75, 3.05) is 12.4 Å². The topological polar surface area (TPSA) is 73.1 Å². The van der Waals surface area contributed by atoms with Crippen LogP contribution >= 0.6 is 12.2 Å². The van der Waals surface area contributed by atoms with Gasteiger partial charge in [-0.1, -0.05) is 0 Å². The zero-order valence-corrected chi connectivity index (χ0v) is 10.6. The van der Waals surface area contributed by atoms with Crippen molar-refractivity contribution < 1.29 is 4.74 Å². The summed E-state index contributed by atoms with van der Waals surface area (Å²) < 4.78 is 5.10. The molecule has 0 unspecified atom stereocenters. The molecule has 3 N–H and O–H groups in total. The summed E-state index contributed by atoms with van der Waals surface area (Å²) >= 11 is 4.74. The predicted octanol–water partition coefficient (Wildman–Crippen LogP) is 1.81. The Morgan fingerprint density at radius 2 is 2.00 bits per heavy atom. The molecule has 2 rings (SSSR count). The van der Waals surface area contributed by atoms with Gasteiger partial charge in [0.15, 0.2) is 5.11 Å². The van der Waals surface area contributed by atoms with Gasteiger partial charge in [-0.05, 0) is 42.5 Å². The van der Waals surface area contributed by atoms with E-state index in [1.165, 1.54) is 0 Å². The van der Waals surface area contributed by atoms with Gasteiger partial charge >= 0.3 is 0 Å². The van der Waals surface area contributed by atoms with Gasteiger partial charge in [0.05, 0.1) is 12.8 Å². The number of anilines is 1. The highest BCUT2D eigenvalue weighted by Gasteiger charge is 2.03. The maximum atomic E-state index is 5.37. The van der Waals surface area contributed by atoms with Crippen LogP contribution in [-0.2, 0) is 0 Å². The van der Waals surface area contributed by atoms with Crippen molar-refractivity contribution in [3.63, 3.8) is 0 Å². The number of ether oxygens (including phenoxy) is 1. The van der Waals surface area contributed by atoms with E-state index >= 15 is 0 Å². The number of benzene rings is 1. The summed E-state index contributed by atoms with van der Waals surface area (Å²) in [5, 5.41) is 2.84. The molecule has 0 radical (unpaired) electrons. The van der Waals surface area contributed by atoms with Crippen LogP contribution in [0.3, 0.4) is 0 Å². The van der Waals surface area contributed by atoms with E-state index in [9.17, 15) is 0 Å². The minimum absolute atomic E-state index is 0.141. The first-order chi connectivity index (χ1) is 8.69. The lowest BCUT2D eigenvalue weighted by atomic mass is 10.1. The van der Waals surface area contributed by atoms with Crippen molar-refractivity contribution in [1.29, 1.82) is 0 Å². The predicted molar refractivity (Wildman–Crippen MR) is 74.4 cm³/mol. The zero-order valence-electron chi connectivity index (χ0n) is 9.75. The molecule has 0 fully saturated rings. The van der Waals surface area contributed by atoms with Crippen LogP contribution in [0.4, 0.5) is 5.95 Å². The zero-order chi connectivity index (χ0) is 13.0. The largest absolute Gasteiger partial charge is 0.497 e. The van der Waals surface area contributed by atoms with Crippen LogP contribution in [0.25, 0.3) is 11.3 Å². The highest BCUT2D eigenvalue weighted by atomic mass is 32.1. The fourth-order valence-corrected chi connectivity index (χ4v) is 1.54. The minimum Gasteiger partial charge on any atom is -0.497 e. The van der Waals surface area contributed by atoms with Gasteiger partial charge in [-0.25, -0.2) is 9.97 Å². The number of hydrogen-bond acceptors (Lipinski definition) is 4. The Hall–Kier alpha value is -2.21. The molecule has 18 heavy (non-hydrogen) atoms. The average Bonchev–Trinajstić information content (AvgIpc) is 2.38. The summed E-state index contributed by atoms with van der Waals surface area (Å²) in [7, 11) is 1.63. The van der Waals surface area contributed by atoms with Crippen LogP contribution in [-0.4, -0.2) is 22.2 Å². The van der Waals surface area contributed by atoms with E-state index in [2.05, 4.69) is 15.3 Å². The van der Waals surface area contributed by atoms with Gasteiger partial charge in [-0.2, -0.15) is 0 Å². The molecule has 0 spiro atoms. The molecule has 0 aliphatic rings. The molecule has 92 valence electrons. The fourth-order valence-electron chi connectivity index (χ4n) is 1.45. The number of methoxy groups -OCH3 is 1. The van der Waals surface area contributed by atoms with E-state index in [1.807, 2.05) is 30.3 Å². The van der Waals surface area contributed by atoms with Crippen molar-refractivity contribution in [3.05, 3.63) is 36.5 Å². The first-order valence-corrected chi connectivity index (χ1v) is 5.64. The van der Waals surface area contributed by atoms with Crippen molar-refractivity contribution >= 4 is 23.3 Å². The van der Waals surface area contributed by atoms with E-state index in [0.717, 1.165) is 17.0 Å². The summed E-state index contributed by atoms with van der Waals surface area (Å²) in [6, 6.07) is 9.40. The number of thiocarbonyl (C=S) groups is 1. The monoisotopic (exact) mass is 260 g/mol. The molecule has 0 saturated carbocycles. The maximum absolute atomic E-state index is 5.37. The summed E-state index contributed by atoms with van der Waals surface area (Å²) in [5.74, 6) is 1.19. The van der Waals surface area contributed by atoms with E-state index in [0.29, 0.717) is 5.95 Å². The normalized spacial score (nSPS) is 9.83. The average molecular weight is 260 g/mol. The van der Waals surface area contributed by atoms with Crippen LogP contribution in [0, 0.1) is 0 Å². The number of nitrogens with zero attached hydrogens (tertiary/aromatic N) is 2. The van der Waals surface area contributed by atoms with Gasteiger partial charge in [-0.3, -0.25) is 0 Å². The lowest BCUT2D eigenvalue weighted by Gasteiger charge is -2.05. The van der Waals surface area contributed by atoms with Crippen molar-refractivity contribution in [2.24, 2.45) is 5.73 Å². The number of hydrogen-bond donors (Lipinski definition) is 2. The molecule has 0 aliphatic heterocycles. The smallest absolute Gasteiger partial charge is 0.229 e. The molecule has 0 saturated heterocycles. The van der Waals surface area contributed by atoms with Crippen LogP contribution in [0.1, 0.15) is 0 Å². The van der Waals surface area contributed by atoms with E-state index in [4.69, 9.17) is 22.7 Å². The summed E-state index contributed by atoms with van der Waals surface area (Å²) in [5.41, 5.74) is 7.12. The van der Waals surface area contributed by atoms with Crippen LogP contribution < -0.4 is 15.8 Å². The van der Waals surface area contributed by atoms with Crippen LogP contribution in [0.2, 0.25) is 0 Å². The second-order valence-electron chi connectivity index (χ2n) is 3.48. The molecule has 1 aromatic heterocycles. The molecule has 2 aromatic rings. The van der Waals surface area contributed by atoms with Crippen molar-refractivity contribution in [1.82, 2.24) is 9.97 Å². The minimum atomic E-state index is 0.141. The van der Waals surface area contributed by atoms with E-state index in [1.54, 1.807) is 13.3 Å². The Morgan fingerprint density at radius 3 is 2.61 bits per heavy atom.